The van der Waals surface area contributed by atoms with Crippen LogP contribution in [0.2, 0.25) is 0 Å². The first-order valence-electron chi connectivity index (χ1n) is 13.7. The second kappa shape index (κ2) is 11.9. The fourth-order valence-electron chi connectivity index (χ4n) is 5.06. The van der Waals surface area contributed by atoms with Crippen molar-refractivity contribution in [1.82, 2.24) is 20.6 Å². The highest BCUT2D eigenvalue weighted by molar-refractivity contribution is 5.96. The fraction of sp³-hybridized carbons (Fsp3) is 0.400. The van der Waals surface area contributed by atoms with E-state index >= 15 is 0 Å². The second-order valence-corrected chi connectivity index (χ2v) is 10.7. The quantitative estimate of drug-likeness (QED) is 0.238. The van der Waals surface area contributed by atoms with Gasteiger partial charge in [-0.15, -0.1) is 0 Å². The molecule has 1 atom stereocenters. The lowest BCUT2D eigenvalue weighted by Crippen LogP contribution is -2.37. The lowest BCUT2D eigenvalue weighted by molar-refractivity contribution is -0.129. The van der Waals surface area contributed by atoms with Gasteiger partial charge in [-0.1, -0.05) is 24.8 Å². The van der Waals surface area contributed by atoms with Gasteiger partial charge < -0.3 is 19.9 Å². The van der Waals surface area contributed by atoms with E-state index in [2.05, 4.69) is 16.9 Å². The first kappa shape index (κ1) is 27.4. The summed E-state index contributed by atoms with van der Waals surface area (Å²) < 4.78 is 6.25. The zero-order valence-corrected chi connectivity index (χ0v) is 22.7. The zero-order valence-electron chi connectivity index (χ0n) is 22.7. The van der Waals surface area contributed by atoms with Crippen LogP contribution in [0, 0.1) is 0 Å². The maximum atomic E-state index is 13.2. The minimum atomic E-state index is -0.261. The normalized spacial score (nSPS) is 19.2. The third-order valence-corrected chi connectivity index (χ3v) is 7.42. The van der Waals surface area contributed by atoms with Crippen molar-refractivity contribution in [2.24, 2.45) is 4.99 Å². The summed E-state index contributed by atoms with van der Waals surface area (Å²) in [6, 6.07) is 12.7. The molecule has 1 aliphatic carbocycles. The number of rotatable bonds is 10. The van der Waals surface area contributed by atoms with E-state index in [4.69, 9.17) is 4.74 Å². The molecule has 210 valence electrons. The number of carbonyl (C=O) groups is 3. The Morgan fingerprint density at radius 3 is 2.58 bits per heavy atom. The standard InChI is InChI=1S/C30H35N5O5/c1-19(2)29(33-39)31-16-20-5-11-25(12-6-20)40-26-14-21(7-8-22(26)17-34-13-3-4-27(34)36)30(38)32-23-15-28(37)35(18-23)24-9-10-24/h5-8,11-12,14,23-24,39H,1,3-4,9-10,13,15-18H2,2H3,(H,31,33)(H,32,38). The van der Waals surface area contributed by atoms with Gasteiger partial charge in [0.25, 0.3) is 5.91 Å². The minimum absolute atomic E-state index is 0.0973. The lowest BCUT2D eigenvalue weighted by Gasteiger charge is -2.20. The largest absolute Gasteiger partial charge is 0.457 e. The van der Waals surface area contributed by atoms with Gasteiger partial charge in [-0.3, -0.25) is 30.1 Å². The van der Waals surface area contributed by atoms with Crippen molar-refractivity contribution < 1.29 is 24.3 Å². The van der Waals surface area contributed by atoms with Crippen molar-refractivity contribution in [3.8, 4) is 11.5 Å². The molecule has 0 bridgehead atoms. The molecule has 40 heavy (non-hydrogen) atoms. The Kier molecular flexibility index (Phi) is 8.16. The summed E-state index contributed by atoms with van der Waals surface area (Å²) in [6.07, 6.45) is 3.77. The minimum Gasteiger partial charge on any atom is -0.457 e. The topological polar surface area (TPSA) is 124 Å². The highest BCUT2D eigenvalue weighted by atomic mass is 16.5. The van der Waals surface area contributed by atoms with Gasteiger partial charge in [0.2, 0.25) is 11.8 Å². The molecule has 5 rings (SSSR count). The number of carbonyl (C=O) groups excluding carboxylic acids is 3. The first-order valence-corrected chi connectivity index (χ1v) is 13.7. The molecular weight excluding hydrogens is 510 g/mol. The van der Waals surface area contributed by atoms with Crippen molar-refractivity contribution in [3.05, 3.63) is 71.3 Å². The summed E-state index contributed by atoms with van der Waals surface area (Å²) >= 11 is 0. The number of aliphatic imine (C=N–C) groups is 1. The number of amides is 3. The van der Waals surface area contributed by atoms with Gasteiger partial charge in [0.1, 0.15) is 17.3 Å². The fourth-order valence-corrected chi connectivity index (χ4v) is 5.06. The number of hydrogen-bond donors (Lipinski definition) is 3. The SMILES string of the molecule is C=C(C)C(=NCc1ccc(Oc2cc(C(=O)NC3CC(=O)N(C4CC4)C3)ccc2CN2CCCC2=O)cc1)NO. The number of amidine groups is 1. The molecule has 2 saturated heterocycles. The molecule has 0 aromatic heterocycles. The predicted octanol–water partition coefficient (Wildman–Crippen LogP) is 3.55. The first-order chi connectivity index (χ1) is 19.3. The molecule has 2 aliphatic heterocycles. The molecule has 0 spiro atoms. The Morgan fingerprint density at radius 1 is 1.15 bits per heavy atom. The molecule has 10 nitrogen and oxygen atoms in total. The van der Waals surface area contributed by atoms with E-state index in [9.17, 15) is 19.6 Å². The monoisotopic (exact) mass is 545 g/mol. The van der Waals surface area contributed by atoms with Gasteiger partial charge in [-0.05, 0) is 61.6 Å². The van der Waals surface area contributed by atoms with E-state index in [1.54, 1.807) is 24.0 Å². The number of likely N-dealkylation sites (tertiary alicyclic amines) is 2. The molecule has 3 N–H and O–H groups in total. The van der Waals surface area contributed by atoms with Gasteiger partial charge in [0.05, 0.1) is 12.6 Å². The summed E-state index contributed by atoms with van der Waals surface area (Å²) in [4.78, 5) is 45.7. The summed E-state index contributed by atoms with van der Waals surface area (Å²) in [7, 11) is 0. The average Bonchev–Trinajstić information content (AvgIpc) is 3.60. The summed E-state index contributed by atoms with van der Waals surface area (Å²) in [5.41, 5.74) is 4.81. The number of nitrogens with one attached hydrogen (secondary N) is 2. The second-order valence-electron chi connectivity index (χ2n) is 10.7. The lowest BCUT2D eigenvalue weighted by atomic mass is 10.1. The highest BCUT2D eigenvalue weighted by Crippen LogP contribution is 2.32. The maximum Gasteiger partial charge on any atom is 0.251 e. The van der Waals surface area contributed by atoms with Crippen LogP contribution in [-0.2, 0) is 22.7 Å². The van der Waals surface area contributed by atoms with Crippen LogP contribution in [0.3, 0.4) is 0 Å². The van der Waals surface area contributed by atoms with Crippen molar-refractivity contribution in [2.45, 2.75) is 64.2 Å². The summed E-state index contributed by atoms with van der Waals surface area (Å²) in [6.45, 7) is 7.50. The molecule has 3 amide bonds. The van der Waals surface area contributed by atoms with Crippen LogP contribution in [-0.4, -0.2) is 63.7 Å². The van der Waals surface area contributed by atoms with Crippen LogP contribution < -0.4 is 15.5 Å². The Labute approximate surface area is 233 Å². The average molecular weight is 546 g/mol. The Balaban J connectivity index is 1.31. The van der Waals surface area contributed by atoms with Crippen molar-refractivity contribution in [3.63, 3.8) is 0 Å². The molecule has 3 fully saturated rings. The van der Waals surface area contributed by atoms with Crippen LogP contribution in [0.5, 0.6) is 11.5 Å². The molecule has 3 aliphatic rings. The summed E-state index contributed by atoms with van der Waals surface area (Å²) in [5.74, 6) is 1.33. The van der Waals surface area contributed by atoms with Gasteiger partial charge in [-0.2, -0.15) is 0 Å². The number of nitrogens with zero attached hydrogens (tertiary/aromatic N) is 3. The molecule has 2 heterocycles. The van der Waals surface area contributed by atoms with E-state index in [0.29, 0.717) is 73.5 Å². The molecule has 2 aromatic rings. The smallest absolute Gasteiger partial charge is 0.251 e. The number of hydrogen-bond acceptors (Lipinski definition) is 6. The molecule has 10 heteroatoms. The van der Waals surface area contributed by atoms with Crippen LogP contribution >= 0.6 is 0 Å². The van der Waals surface area contributed by atoms with Crippen LogP contribution in [0.25, 0.3) is 0 Å². The van der Waals surface area contributed by atoms with Crippen molar-refractivity contribution >= 4 is 23.6 Å². The molecular formula is C30H35N5O5. The molecule has 2 aromatic carbocycles. The maximum absolute atomic E-state index is 13.2. The van der Waals surface area contributed by atoms with Crippen LogP contribution in [0.4, 0.5) is 0 Å². The highest BCUT2D eigenvalue weighted by Gasteiger charge is 2.39. The number of hydroxylamine groups is 1. The van der Waals surface area contributed by atoms with E-state index in [1.807, 2.05) is 40.7 Å². The van der Waals surface area contributed by atoms with Gasteiger partial charge in [0, 0.05) is 49.6 Å². The van der Waals surface area contributed by atoms with Gasteiger partial charge in [-0.25, -0.2) is 0 Å². The van der Waals surface area contributed by atoms with Crippen LogP contribution in [0.1, 0.15) is 60.5 Å². The van der Waals surface area contributed by atoms with Gasteiger partial charge in [0.15, 0.2) is 0 Å². The van der Waals surface area contributed by atoms with E-state index in [1.165, 1.54) is 0 Å². The van der Waals surface area contributed by atoms with Crippen molar-refractivity contribution in [1.29, 1.82) is 0 Å². The van der Waals surface area contributed by atoms with E-state index in [0.717, 1.165) is 30.4 Å². The van der Waals surface area contributed by atoms with E-state index in [-0.39, 0.29) is 23.8 Å². The predicted molar refractivity (Wildman–Crippen MR) is 149 cm³/mol. The van der Waals surface area contributed by atoms with Crippen LogP contribution in [0.15, 0.2) is 59.6 Å². The molecule has 0 radical (unpaired) electrons. The van der Waals surface area contributed by atoms with Crippen molar-refractivity contribution in [2.75, 3.05) is 13.1 Å². The number of benzene rings is 2. The summed E-state index contributed by atoms with van der Waals surface area (Å²) in [5, 5.41) is 12.2. The Hall–Kier alpha value is -4.18. The third kappa shape index (κ3) is 6.51. The zero-order chi connectivity index (χ0) is 28.2. The van der Waals surface area contributed by atoms with Gasteiger partial charge >= 0.3 is 0 Å². The van der Waals surface area contributed by atoms with E-state index < -0.39 is 0 Å². The Morgan fingerprint density at radius 2 is 1.93 bits per heavy atom. The molecule has 1 saturated carbocycles. The third-order valence-electron chi connectivity index (χ3n) is 7.42. The Bertz CT molecular complexity index is 1330. The number of ether oxygens (including phenoxy) is 1. The molecule has 1 unspecified atom stereocenters.